The molecular formula is C20H14Cl2N3O. The molecule has 2 heterocycles. The zero-order valence-electron chi connectivity index (χ0n) is 13.9. The maximum absolute atomic E-state index is 6.22. The predicted octanol–water partition coefficient (Wildman–Crippen LogP) is 5.41. The number of nitrogens with zero attached hydrogens (tertiary/aromatic N) is 3. The lowest BCUT2D eigenvalue weighted by molar-refractivity contribution is 0.309. The van der Waals surface area contributed by atoms with Crippen molar-refractivity contribution in [2.75, 3.05) is 0 Å². The lowest BCUT2D eigenvalue weighted by Crippen LogP contribution is -2.01. The number of hydrogen-bond donors (Lipinski definition) is 0. The number of imidazole rings is 1. The third kappa shape index (κ3) is 3.14. The van der Waals surface area contributed by atoms with Gasteiger partial charge in [-0.25, -0.2) is 9.97 Å². The normalized spacial score (nSPS) is 11.0. The maximum atomic E-state index is 6.22. The van der Waals surface area contributed by atoms with Crippen LogP contribution < -0.4 is 4.74 Å². The largest absolute Gasteiger partial charge is 0.487 e. The predicted molar refractivity (Wildman–Crippen MR) is 103 cm³/mol. The number of ether oxygens (including phenoxy) is 1. The molecule has 26 heavy (non-hydrogen) atoms. The fourth-order valence-electron chi connectivity index (χ4n) is 2.82. The molecule has 0 fully saturated rings. The van der Waals surface area contributed by atoms with E-state index < -0.39 is 0 Å². The lowest BCUT2D eigenvalue weighted by atomic mass is 10.1. The molecule has 0 atom stereocenters. The summed E-state index contributed by atoms with van der Waals surface area (Å²) in [5.74, 6) is 0.670. The zero-order valence-corrected chi connectivity index (χ0v) is 15.4. The molecule has 4 aromatic rings. The Hall–Kier alpha value is -2.56. The van der Waals surface area contributed by atoms with E-state index in [9.17, 15) is 0 Å². The number of aryl methyl sites for hydroxylation is 1. The number of pyridine rings is 1. The summed E-state index contributed by atoms with van der Waals surface area (Å²) in [5, 5.41) is 1.99. The van der Waals surface area contributed by atoms with E-state index in [1.807, 2.05) is 42.0 Å². The van der Waals surface area contributed by atoms with E-state index >= 15 is 0 Å². The molecule has 0 unspecified atom stereocenters. The van der Waals surface area contributed by atoms with Crippen LogP contribution in [0.25, 0.3) is 16.6 Å². The van der Waals surface area contributed by atoms with Crippen molar-refractivity contribution in [3.8, 4) is 11.4 Å². The third-order valence-corrected chi connectivity index (χ3v) is 4.75. The van der Waals surface area contributed by atoms with Gasteiger partial charge in [-0.05, 0) is 25.1 Å². The topological polar surface area (TPSA) is 39.9 Å². The molecule has 4 rings (SSSR count). The minimum Gasteiger partial charge on any atom is -0.487 e. The Bertz CT molecular complexity index is 1060. The summed E-state index contributed by atoms with van der Waals surface area (Å²) in [6.07, 6.45) is 5.42. The van der Waals surface area contributed by atoms with Gasteiger partial charge >= 0.3 is 0 Å². The fourth-order valence-corrected chi connectivity index (χ4v) is 3.30. The Kier molecular flexibility index (Phi) is 4.53. The van der Waals surface area contributed by atoms with E-state index in [-0.39, 0.29) is 6.61 Å². The highest BCUT2D eigenvalue weighted by Crippen LogP contribution is 2.31. The molecule has 0 saturated heterocycles. The van der Waals surface area contributed by atoms with Crippen LogP contribution in [0.5, 0.6) is 5.75 Å². The number of fused-ring (bicyclic) bond motifs is 1. The second-order valence-corrected chi connectivity index (χ2v) is 6.60. The average Bonchev–Trinajstić information content (AvgIpc) is 3.15. The maximum Gasteiger partial charge on any atom is 0.146 e. The number of rotatable bonds is 4. The SMILES string of the molecule is Cc1cc(-n2ccnc2)c2cccc(OCc3c(Cl)[c]ccc3Cl)c2n1. The number of hydrogen-bond acceptors (Lipinski definition) is 3. The molecule has 0 saturated carbocycles. The monoisotopic (exact) mass is 382 g/mol. The van der Waals surface area contributed by atoms with Crippen molar-refractivity contribution in [2.24, 2.45) is 0 Å². The minimum atomic E-state index is 0.240. The van der Waals surface area contributed by atoms with E-state index in [4.69, 9.17) is 27.9 Å². The van der Waals surface area contributed by atoms with E-state index in [0.29, 0.717) is 21.4 Å². The van der Waals surface area contributed by atoms with Crippen molar-refractivity contribution < 1.29 is 4.74 Å². The Morgan fingerprint density at radius 2 is 2.12 bits per heavy atom. The van der Waals surface area contributed by atoms with E-state index in [0.717, 1.165) is 22.3 Å². The molecule has 129 valence electrons. The molecule has 1 radical (unpaired) electrons. The van der Waals surface area contributed by atoms with Crippen LogP contribution in [0.15, 0.2) is 55.1 Å². The van der Waals surface area contributed by atoms with Gasteiger partial charge in [0.05, 0.1) is 17.0 Å². The quantitative estimate of drug-likeness (QED) is 0.473. The van der Waals surface area contributed by atoms with Crippen molar-refractivity contribution in [3.63, 3.8) is 0 Å². The summed E-state index contributed by atoms with van der Waals surface area (Å²) in [6, 6.07) is 14.2. The first kappa shape index (κ1) is 16.9. The zero-order chi connectivity index (χ0) is 18.1. The van der Waals surface area contributed by atoms with Crippen LogP contribution in [0.2, 0.25) is 10.0 Å². The summed E-state index contributed by atoms with van der Waals surface area (Å²) in [7, 11) is 0. The van der Waals surface area contributed by atoms with Gasteiger partial charge in [0.2, 0.25) is 0 Å². The summed E-state index contributed by atoms with van der Waals surface area (Å²) >= 11 is 12.4. The van der Waals surface area contributed by atoms with Crippen molar-refractivity contribution >= 4 is 34.1 Å². The fraction of sp³-hybridized carbons (Fsp3) is 0.100. The third-order valence-electron chi connectivity index (χ3n) is 4.06. The van der Waals surface area contributed by atoms with Crippen LogP contribution in [0.4, 0.5) is 0 Å². The van der Waals surface area contributed by atoms with Crippen LogP contribution in [-0.4, -0.2) is 14.5 Å². The van der Waals surface area contributed by atoms with Gasteiger partial charge in [0.1, 0.15) is 17.9 Å². The average molecular weight is 383 g/mol. The van der Waals surface area contributed by atoms with Gasteiger partial charge < -0.3 is 9.30 Å². The molecule has 0 spiro atoms. The molecule has 0 amide bonds. The molecule has 2 aromatic carbocycles. The first-order valence-corrected chi connectivity index (χ1v) is 8.75. The van der Waals surface area contributed by atoms with Gasteiger partial charge in [0.15, 0.2) is 0 Å². The van der Waals surface area contributed by atoms with Gasteiger partial charge in [-0.15, -0.1) is 0 Å². The molecule has 0 bridgehead atoms. The summed E-state index contributed by atoms with van der Waals surface area (Å²) in [6.45, 7) is 2.20. The second-order valence-electron chi connectivity index (χ2n) is 5.81. The van der Waals surface area contributed by atoms with Crippen LogP contribution in [-0.2, 0) is 6.61 Å². The summed E-state index contributed by atoms with van der Waals surface area (Å²) in [4.78, 5) is 8.80. The molecular weight excluding hydrogens is 369 g/mol. The van der Waals surface area contributed by atoms with Crippen LogP contribution >= 0.6 is 23.2 Å². The van der Waals surface area contributed by atoms with Crippen molar-refractivity contribution in [3.05, 3.63) is 82.5 Å². The molecule has 0 aliphatic carbocycles. The standard InChI is InChI=1S/C20H14Cl2N3O/c1-13-10-18(25-9-8-23-12-25)14-4-2-7-19(20(14)24-13)26-11-15-16(21)5-3-6-17(15)22/h2-5,7-10,12H,11H2,1H3. The second kappa shape index (κ2) is 6.98. The smallest absolute Gasteiger partial charge is 0.146 e. The minimum absolute atomic E-state index is 0.240. The number of benzene rings is 2. The first-order chi connectivity index (χ1) is 12.6. The molecule has 4 nitrogen and oxygen atoms in total. The van der Waals surface area contributed by atoms with Crippen molar-refractivity contribution in [2.45, 2.75) is 13.5 Å². The number of para-hydroxylation sites is 1. The summed E-state index contributed by atoms with van der Waals surface area (Å²) < 4.78 is 7.98. The van der Waals surface area contributed by atoms with Crippen molar-refractivity contribution in [1.82, 2.24) is 14.5 Å². The van der Waals surface area contributed by atoms with E-state index in [1.165, 1.54) is 0 Å². The Morgan fingerprint density at radius 3 is 2.88 bits per heavy atom. The molecule has 0 aliphatic rings. The van der Waals surface area contributed by atoms with Crippen LogP contribution in [0.1, 0.15) is 11.3 Å². The highest BCUT2D eigenvalue weighted by atomic mass is 35.5. The molecule has 2 aromatic heterocycles. The van der Waals surface area contributed by atoms with Gasteiger partial charge in [-0.2, -0.15) is 0 Å². The van der Waals surface area contributed by atoms with Crippen LogP contribution in [0.3, 0.4) is 0 Å². The molecule has 6 heteroatoms. The van der Waals surface area contributed by atoms with Crippen LogP contribution in [0, 0.1) is 13.0 Å². The van der Waals surface area contributed by atoms with Crippen molar-refractivity contribution in [1.29, 1.82) is 0 Å². The Morgan fingerprint density at radius 1 is 1.23 bits per heavy atom. The van der Waals surface area contributed by atoms with Gasteiger partial charge in [-0.1, -0.05) is 41.4 Å². The number of aromatic nitrogens is 3. The first-order valence-electron chi connectivity index (χ1n) is 7.99. The Labute approximate surface area is 161 Å². The highest BCUT2D eigenvalue weighted by molar-refractivity contribution is 6.35. The molecule has 0 N–H and O–H groups in total. The highest BCUT2D eigenvalue weighted by Gasteiger charge is 2.12. The van der Waals surface area contributed by atoms with E-state index in [2.05, 4.69) is 16.0 Å². The van der Waals surface area contributed by atoms with Gasteiger partial charge in [0.25, 0.3) is 0 Å². The van der Waals surface area contributed by atoms with Gasteiger partial charge in [-0.3, -0.25) is 0 Å². The van der Waals surface area contributed by atoms with E-state index in [1.54, 1.807) is 24.7 Å². The summed E-state index contributed by atoms with van der Waals surface area (Å²) in [5.41, 5.74) is 3.37. The molecule has 0 aliphatic heterocycles. The van der Waals surface area contributed by atoms with Gasteiger partial charge in [0, 0.05) is 40.1 Å². The Balaban J connectivity index is 1.77. The number of halogens is 2. The lowest BCUT2D eigenvalue weighted by Gasteiger charge is -2.14.